The highest BCUT2D eigenvalue weighted by Gasteiger charge is 2.14. The summed E-state index contributed by atoms with van der Waals surface area (Å²) in [7, 11) is 1.67. The molecule has 0 unspecified atom stereocenters. The first-order chi connectivity index (χ1) is 9.31. The van der Waals surface area contributed by atoms with E-state index in [4.69, 9.17) is 10.3 Å². The van der Waals surface area contributed by atoms with Gasteiger partial charge in [-0.1, -0.05) is 17.2 Å². The van der Waals surface area contributed by atoms with E-state index >= 15 is 0 Å². The van der Waals surface area contributed by atoms with Crippen LogP contribution in [0.1, 0.15) is 5.56 Å². The largest absolute Gasteiger partial charge is 0.497 e. The molecule has 0 fully saturated rings. The number of azide groups is 1. The van der Waals surface area contributed by atoms with Crippen molar-refractivity contribution in [2.75, 3.05) is 7.11 Å². The van der Waals surface area contributed by atoms with Crippen LogP contribution in [0.5, 0.6) is 5.75 Å². The molecule has 4 nitrogen and oxygen atoms in total. The molecule has 0 saturated heterocycles. The van der Waals surface area contributed by atoms with Gasteiger partial charge in [-0.15, -0.1) is 0 Å². The minimum Gasteiger partial charge on any atom is -0.497 e. The highest BCUT2D eigenvalue weighted by molar-refractivity contribution is 5.20. The Kier molecular flexibility index (Phi) is 5.06. The fourth-order valence-electron chi connectivity index (χ4n) is 1.53. The van der Waals surface area contributed by atoms with E-state index in [-0.39, 0.29) is 21.2 Å². The lowest BCUT2D eigenvalue weighted by atomic mass is 10.2. The second-order valence-electron chi connectivity index (χ2n) is 3.77. The zero-order valence-electron chi connectivity index (χ0n) is 10.5. The van der Waals surface area contributed by atoms with Gasteiger partial charge in [0.2, 0.25) is 0 Å². The maximum Gasteiger partial charge on any atom is 0.357 e. The molecule has 0 heterocycles. The summed E-state index contributed by atoms with van der Waals surface area (Å²) in [5, 5.41) is 3.55. The molecule has 0 bridgehead atoms. The van der Waals surface area contributed by atoms with Gasteiger partial charge in [0.05, 0.1) is 13.7 Å². The SMILES string of the molecule is COc1ccc([I+]c2ccc(CN=[N+]=[N-])cc2)cc1. The lowest BCUT2D eigenvalue weighted by Gasteiger charge is -1.96. The first-order valence-corrected chi connectivity index (χ1v) is 7.86. The number of hydrogen-bond donors (Lipinski definition) is 0. The molecule has 2 aromatic carbocycles. The highest BCUT2D eigenvalue weighted by atomic mass is 127. The number of ether oxygens (including phenoxy) is 1. The minimum atomic E-state index is -0.175. The van der Waals surface area contributed by atoms with Crippen LogP contribution in [0.15, 0.2) is 53.6 Å². The summed E-state index contributed by atoms with van der Waals surface area (Å²) in [6.07, 6.45) is 0. The topological polar surface area (TPSA) is 58.0 Å². The van der Waals surface area contributed by atoms with Crippen molar-refractivity contribution in [2.24, 2.45) is 5.11 Å². The summed E-state index contributed by atoms with van der Waals surface area (Å²) in [6, 6.07) is 16.5. The molecule has 19 heavy (non-hydrogen) atoms. The van der Waals surface area contributed by atoms with Crippen molar-refractivity contribution in [1.29, 1.82) is 0 Å². The predicted molar refractivity (Wildman–Crippen MR) is 69.7 cm³/mol. The van der Waals surface area contributed by atoms with Crippen LogP contribution in [0.2, 0.25) is 0 Å². The number of halogens is 1. The normalized spacial score (nSPS) is 9.74. The van der Waals surface area contributed by atoms with Gasteiger partial charge in [0.1, 0.15) is 5.75 Å². The zero-order chi connectivity index (χ0) is 13.5. The molecule has 0 atom stereocenters. The molecule has 0 aromatic heterocycles. The lowest BCUT2D eigenvalue weighted by Crippen LogP contribution is -3.61. The van der Waals surface area contributed by atoms with Gasteiger partial charge in [-0.2, -0.15) is 0 Å². The van der Waals surface area contributed by atoms with Crippen LogP contribution in [0, 0.1) is 7.14 Å². The van der Waals surface area contributed by atoms with E-state index in [1.165, 1.54) is 7.14 Å². The predicted octanol–water partition coefficient (Wildman–Crippen LogP) is 0.634. The molecule has 2 rings (SSSR count). The monoisotopic (exact) mass is 366 g/mol. The van der Waals surface area contributed by atoms with E-state index in [1.807, 2.05) is 24.3 Å². The third-order valence-corrected chi connectivity index (χ3v) is 5.18. The van der Waals surface area contributed by atoms with Crippen molar-refractivity contribution in [1.82, 2.24) is 0 Å². The Morgan fingerprint density at radius 3 is 2.16 bits per heavy atom. The van der Waals surface area contributed by atoms with Crippen molar-refractivity contribution in [2.45, 2.75) is 6.54 Å². The first kappa shape index (κ1) is 13.7. The fourth-order valence-corrected chi connectivity index (χ4v) is 3.68. The van der Waals surface area contributed by atoms with Crippen molar-refractivity contribution in [3.05, 3.63) is 71.7 Å². The Morgan fingerprint density at radius 1 is 1.05 bits per heavy atom. The molecule has 5 heteroatoms. The van der Waals surface area contributed by atoms with E-state index in [9.17, 15) is 0 Å². The molecule has 0 amide bonds. The quantitative estimate of drug-likeness (QED) is 0.332. The first-order valence-electron chi connectivity index (χ1n) is 5.70. The standard InChI is InChI=1S/C14H13IN3O/c1-19-14-8-6-13(7-9-14)15-12-4-2-11(3-5-12)10-17-18-16/h2-9H,10H2,1H3/q+1. The molecular formula is C14H13IN3O+. The number of nitrogens with zero attached hydrogens (tertiary/aromatic N) is 3. The van der Waals surface area contributed by atoms with Gasteiger partial charge in [0, 0.05) is 4.91 Å². The van der Waals surface area contributed by atoms with Crippen LogP contribution in [0.25, 0.3) is 10.4 Å². The number of methoxy groups -OCH3 is 1. The molecular weight excluding hydrogens is 353 g/mol. The van der Waals surface area contributed by atoms with E-state index < -0.39 is 0 Å². The summed E-state index contributed by atoms with van der Waals surface area (Å²) in [4.78, 5) is 2.76. The van der Waals surface area contributed by atoms with E-state index in [0.717, 1.165) is 11.3 Å². The van der Waals surface area contributed by atoms with Crippen LogP contribution < -0.4 is 25.9 Å². The Labute approximate surface area is 122 Å². The Morgan fingerprint density at radius 2 is 1.63 bits per heavy atom. The number of rotatable bonds is 5. The average Bonchev–Trinajstić information content (AvgIpc) is 2.47. The Bertz CT molecular complexity index is 575. The molecule has 0 radical (unpaired) electrons. The summed E-state index contributed by atoms with van der Waals surface area (Å²) < 4.78 is 7.84. The van der Waals surface area contributed by atoms with Gasteiger partial charge < -0.3 is 4.74 Å². The summed E-state index contributed by atoms with van der Waals surface area (Å²) >= 11 is -0.175. The second-order valence-corrected chi connectivity index (χ2v) is 6.80. The Balaban J connectivity index is 2.03. The molecule has 0 aliphatic heterocycles. The maximum absolute atomic E-state index is 8.27. The van der Waals surface area contributed by atoms with E-state index in [1.54, 1.807) is 7.11 Å². The van der Waals surface area contributed by atoms with Crippen LogP contribution in [-0.4, -0.2) is 7.11 Å². The molecule has 96 valence electrons. The number of hydrogen-bond acceptors (Lipinski definition) is 2. The molecule has 0 aliphatic carbocycles. The van der Waals surface area contributed by atoms with Gasteiger partial charge in [0.15, 0.2) is 7.14 Å². The van der Waals surface area contributed by atoms with E-state index in [2.05, 4.69) is 34.3 Å². The number of benzene rings is 2. The fraction of sp³-hybridized carbons (Fsp3) is 0.143. The second kappa shape index (κ2) is 7.01. The van der Waals surface area contributed by atoms with Crippen LogP contribution in [-0.2, 0) is 6.54 Å². The summed E-state index contributed by atoms with van der Waals surface area (Å²) in [5.74, 6) is 0.887. The van der Waals surface area contributed by atoms with Crippen molar-refractivity contribution in [3.63, 3.8) is 0 Å². The molecule has 2 aromatic rings. The van der Waals surface area contributed by atoms with Crippen LogP contribution in [0.4, 0.5) is 0 Å². The van der Waals surface area contributed by atoms with Crippen molar-refractivity contribution >= 4 is 0 Å². The summed E-state index contributed by atoms with van der Waals surface area (Å²) in [5.41, 5.74) is 9.32. The highest BCUT2D eigenvalue weighted by Crippen LogP contribution is 2.06. The zero-order valence-corrected chi connectivity index (χ0v) is 12.6. The van der Waals surface area contributed by atoms with Crippen LogP contribution >= 0.6 is 0 Å². The van der Waals surface area contributed by atoms with Crippen LogP contribution in [0.3, 0.4) is 0 Å². The van der Waals surface area contributed by atoms with Gasteiger partial charge >= 0.3 is 21.2 Å². The van der Waals surface area contributed by atoms with Gasteiger partial charge in [-0.3, -0.25) is 0 Å². The van der Waals surface area contributed by atoms with Gasteiger partial charge in [-0.25, -0.2) is 0 Å². The summed E-state index contributed by atoms with van der Waals surface area (Å²) in [6.45, 7) is 0.414. The van der Waals surface area contributed by atoms with E-state index in [0.29, 0.717) is 6.54 Å². The average molecular weight is 366 g/mol. The third-order valence-electron chi connectivity index (χ3n) is 2.50. The maximum atomic E-state index is 8.27. The van der Waals surface area contributed by atoms with Crippen molar-refractivity contribution < 1.29 is 25.9 Å². The smallest absolute Gasteiger partial charge is 0.357 e. The molecule has 0 saturated carbocycles. The molecule has 0 aliphatic rings. The van der Waals surface area contributed by atoms with Gasteiger partial charge in [-0.05, 0) is 47.5 Å². The Hall–Kier alpha value is -1.72. The van der Waals surface area contributed by atoms with Gasteiger partial charge in [0.25, 0.3) is 0 Å². The third kappa shape index (κ3) is 4.15. The molecule has 0 spiro atoms. The lowest BCUT2D eigenvalue weighted by molar-refractivity contribution is -0.597. The van der Waals surface area contributed by atoms with Crippen molar-refractivity contribution in [3.8, 4) is 5.75 Å². The molecule has 0 N–H and O–H groups in total. The minimum absolute atomic E-state index is 0.175.